The Hall–Kier alpha value is 0.230. The van der Waals surface area contributed by atoms with Crippen molar-refractivity contribution < 1.29 is 4.74 Å². The predicted octanol–water partition coefficient (Wildman–Crippen LogP) is 1.71. The summed E-state index contributed by atoms with van der Waals surface area (Å²) >= 11 is 2.07. The van der Waals surface area contributed by atoms with E-state index in [1.807, 2.05) is 0 Å². The number of nitrogens with two attached hydrogens (primary N) is 1. The Morgan fingerprint density at radius 1 is 1.44 bits per heavy atom. The third kappa shape index (κ3) is 2.58. The molecular formula is C14H26N2OS. The number of likely N-dealkylation sites (tertiary alicyclic amines) is 1. The minimum Gasteiger partial charge on any atom is -0.374 e. The van der Waals surface area contributed by atoms with Gasteiger partial charge in [0.15, 0.2) is 0 Å². The second kappa shape index (κ2) is 5.31. The first kappa shape index (κ1) is 13.2. The van der Waals surface area contributed by atoms with E-state index in [-0.39, 0.29) is 5.60 Å². The molecule has 3 fully saturated rings. The zero-order chi connectivity index (χ0) is 12.6. The summed E-state index contributed by atoms with van der Waals surface area (Å²) in [7, 11) is 0. The number of thioether (sulfide) groups is 1. The van der Waals surface area contributed by atoms with Crippen molar-refractivity contribution in [1.29, 1.82) is 0 Å². The molecule has 4 heteroatoms. The van der Waals surface area contributed by atoms with Crippen molar-refractivity contribution >= 4 is 11.8 Å². The lowest BCUT2D eigenvalue weighted by Crippen LogP contribution is -2.48. The summed E-state index contributed by atoms with van der Waals surface area (Å²) in [5.41, 5.74) is 6.27. The quantitative estimate of drug-likeness (QED) is 0.829. The molecule has 0 bridgehead atoms. The van der Waals surface area contributed by atoms with Gasteiger partial charge in [0.25, 0.3) is 0 Å². The van der Waals surface area contributed by atoms with E-state index in [0.29, 0.717) is 12.0 Å². The Bertz CT molecular complexity index is 292. The molecule has 3 nitrogen and oxygen atoms in total. The summed E-state index contributed by atoms with van der Waals surface area (Å²) in [4.78, 5) is 2.70. The van der Waals surface area contributed by atoms with Gasteiger partial charge >= 0.3 is 0 Å². The zero-order valence-corrected chi connectivity index (χ0v) is 12.3. The van der Waals surface area contributed by atoms with E-state index in [1.54, 1.807) is 0 Å². The van der Waals surface area contributed by atoms with Crippen LogP contribution in [0.5, 0.6) is 0 Å². The van der Waals surface area contributed by atoms with Crippen molar-refractivity contribution in [2.24, 2.45) is 11.7 Å². The highest BCUT2D eigenvalue weighted by Gasteiger charge is 2.43. The maximum absolute atomic E-state index is 6.12. The molecule has 0 saturated carbocycles. The van der Waals surface area contributed by atoms with Gasteiger partial charge in [0.1, 0.15) is 0 Å². The van der Waals surface area contributed by atoms with Gasteiger partial charge in [-0.15, -0.1) is 0 Å². The van der Waals surface area contributed by atoms with E-state index in [2.05, 4.69) is 23.6 Å². The number of ether oxygens (including phenoxy) is 1. The molecule has 1 spiro atoms. The Morgan fingerprint density at radius 3 is 3.00 bits per heavy atom. The Labute approximate surface area is 115 Å². The summed E-state index contributed by atoms with van der Waals surface area (Å²) in [5.74, 6) is 3.21. The number of rotatable bonds is 2. The molecule has 0 amide bonds. The molecule has 0 aromatic rings. The van der Waals surface area contributed by atoms with Crippen molar-refractivity contribution in [2.45, 2.75) is 50.3 Å². The lowest BCUT2D eigenvalue weighted by Gasteiger charge is -2.41. The maximum atomic E-state index is 6.12. The first-order valence-corrected chi connectivity index (χ1v) is 8.55. The Balaban J connectivity index is 1.59. The highest BCUT2D eigenvalue weighted by molar-refractivity contribution is 7.99. The molecule has 4 atom stereocenters. The van der Waals surface area contributed by atoms with Gasteiger partial charge in [-0.1, -0.05) is 0 Å². The fourth-order valence-corrected chi connectivity index (χ4v) is 5.13. The van der Waals surface area contributed by atoms with Crippen LogP contribution in [0, 0.1) is 5.92 Å². The van der Waals surface area contributed by atoms with Crippen LogP contribution in [-0.4, -0.2) is 53.8 Å². The zero-order valence-electron chi connectivity index (χ0n) is 11.4. The van der Waals surface area contributed by atoms with E-state index >= 15 is 0 Å². The van der Waals surface area contributed by atoms with E-state index in [4.69, 9.17) is 10.5 Å². The first-order chi connectivity index (χ1) is 8.69. The topological polar surface area (TPSA) is 38.5 Å². The van der Waals surface area contributed by atoms with Gasteiger partial charge in [-0.2, -0.15) is 11.8 Å². The highest BCUT2D eigenvalue weighted by atomic mass is 32.2. The van der Waals surface area contributed by atoms with E-state index in [1.165, 1.54) is 50.3 Å². The van der Waals surface area contributed by atoms with Crippen molar-refractivity contribution in [3.63, 3.8) is 0 Å². The van der Waals surface area contributed by atoms with E-state index < -0.39 is 0 Å². The molecule has 0 aromatic heterocycles. The predicted molar refractivity (Wildman–Crippen MR) is 77.0 cm³/mol. The highest BCUT2D eigenvalue weighted by Crippen LogP contribution is 2.40. The Kier molecular flexibility index (Phi) is 3.90. The summed E-state index contributed by atoms with van der Waals surface area (Å²) < 4.78 is 6.12. The van der Waals surface area contributed by atoms with Crippen LogP contribution >= 0.6 is 11.8 Å². The summed E-state index contributed by atoms with van der Waals surface area (Å²) in [6.07, 6.45) is 5.03. The van der Waals surface area contributed by atoms with Crippen LogP contribution in [0.2, 0.25) is 0 Å². The number of hydrogen-bond donors (Lipinski definition) is 1. The van der Waals surface area contributed by atoms with Crippen LogP contribution in [0.1, 0.15) is 32.6 Å². The average molecular weight is 270 g/mol. The van der Waals surface area contributed by atoms with Crippen molar-refractivity contribution in [3.8, 4) is 0 Å². The monoisotopic (exact) mass is 270 g/mol. The number of nitrogens with zero attached hydrogens (tertiary/aromatic N) is 1. The summed E-state index contributed by atoms with van der Waals surface area (Å²) in [6, 6.07) is 1.10. The molecule has 3 aliphatic heterocycles. The van der Waals surface area contributed by atoms with Crippen LogP contribution in [0.3, 0.4) is 0 Å². The molecule has 3 saturated heterocycles. The van der Waals surface area contributed by atoms with Gasteiger partial charge in [-0.3, -0.25) is 4.90 Å². The number of hydrogen-bond acceptors (Lipinski definition) is 4. The molecule has 3 heterocycles. The van der Waals surface area contributed by atoms with Crippen LogP contribution < -0.4 is 5.73 Å². The van der Waals surface area contributed by atoms with Gasteiger partial charge in [0.05, 0.1) is 5.60 Å². The van der Waals surface area contributed by atoms with Crippen LogP contribution in [0.25, 0.3) is 0 Å². The molecule has 3 rings (SSSR count). The van der Waals surface area contributed by atoms with E-state index in [0.717, 1.165) is 12.6 Å². The second-order valence-electron chi connectivity index (χ2n) is 6.38. The minimum absolute atomic E-state index is 0.222. The molecule has 2 N–H and O–H groups in total. The summed E-state index contributed by atoms with van der Waals surface area (Å²) in [5, 5.41) is 0. The van der Waals surface area contributed by atoms with Crippen LogP contribution in [-0.2, 0) is 4.74 Å². The van der Waals surface area contributed by atoms with Gasteiger partial charge in [-0.25, -0.2) is 0 Å². The smallest absolute Gasteiger partial charge is 0.0795 e. The van der Waals surface area contributed by atoms with Gasteiger partial charge in [0.2, 0.25) is 0 Å². The average Bonchev–Trinajstić information content (AvgIpc) is 2.98. The van der Waals surface area contributed by atoms with Crippen LogP contribution in [0.15, 0.2) is 0 Å². The Morgan fingerprint density at radius 2 is 2.33 bits per heavy atom. The molecule has 3 aliphatic rings. The third-order valence-electron chi connectivity index (χ3n) is 5.05. The lowest BCUT2D eigenvalue weighted by molar-refractivity contribution is -0.0872. The van der Waals surface area contributed by atoms with Gasteiger partial charge in [0, 0.05) is 31.0 Å². The standard InChI is InChI=1S/C14H26N2OS/c1-11(15)12-2-5-16(9-12)13-3-6-17-14(8-13)4-7-18-10-14/h11-13H,2-10,15H2,1H3. The molecular weight excluding hydrogens is 244 g/mol. The fraction of sp³-hybridized carbons (Fsp3) is 1.00. The third-order valence-corrected chi connectivity index (χ3v) is 6.27. The largest absolute Gasteiger partial charge is 0.374 e. The molecule has 0 aliphatic carbocycles. The molecule has 104 valence electrons. The molecule has 0 radical (unpaired) electrons. The molecule has 4 unspecified atom stereocenters. The van der Waals surface area contributed by atoms with Gasteiger partial charge in [-0.05, 0) is 50.8 Å². The van der Waals surface area contributed by atoms with Crippen molar-refractivity contribution in [1.82, 2.24) is 4.90 Å². The molecule has 0 aromatic carbocycles. The van der Waals surface area contributed by atoms with Gasteiger partial charge < -0.3 is 10.5 Å². The second-order valence-corrected chi connectivity index (χ2v) is 7.49. The minimum atomic E-state index is 0.222. The van der Waals surface area contributed by atoms with Crippen LogP contribution in [0.4, 0.5) is 0 Å². The SMILES string of the molecule is CC(N)C1CCN(C2CCOC3(CCSC3)C2)C1. The van der Waals surface area contributed by atoms with E-state index in [9.17, 15) is 0 Å². The summed E-state index contributed by atoms with van der Waals surface area (Å²) in [6.45, 7) is 5.59. The molecule has 18 heavy (non-hydrogen) atoms. The van der Waals surface area contributed by atoms with Crippen molar-refractivity contribution in [2.75, 3.05) is 31.2 Å². The maximum Gasteiger partial charge on any atom is 0.0795 e. The van der Waals surface area contributed by atoms with Crippen molar-refractivity contribution in [3.05, 3.63) is 0 Å². The fourth-order valence-electron chi connectivity index (χ4n) is 3.75. The normalized spacial score (nSPS) is 43.7. The first-order valence-electron chi connectivity index (χ1n) is 7.40. The lowest BCUT2D eigenvalue weighted by atomic mass is 9.89.